The average Bonchev–Trinajstić information content (AvgIpc) is 3.30. The predicted octanol–water partition coefficient (Wildman–Crippen LogP) is 1.52. The summed E-state index contributed by atoms with van der Waals surface area (Å²) < 4.78 is 5.35. The van der Waals surface area contributed by atoms with Gasteiger partial charge in [0.15, 0.2) is 0 Å². The monoisotopic (exact) mass is 434 g/mol. The molecule has 1 aromatic heterocycles. The molecule has 2 saturated heterocycles. The van der Waals surface area contributed by atoms with Crippen molar-refractivity contribution < 1.29 is 14.3 Å². The topological polar surface area (TPSA) is 56.3 Å². The molecule has 8 heteroatoms. The van der Waals surface area contributed by atoms with Crippen LogP contribution in [0.5, 0.6) is 0 Å². The van der Waals surface area contributed by atoms with E-state index in [0.29, 0.717) is 39.4 Å². The molecule has 3 rings (SSSR count). The van der Waals surface area contributed by atoms with Gasteiger partial charge in [0.2, 0.25) is 11.8 Å². The number of amides is 2. The van der Waals surface area contributed by atoms with E-state index in [1.54, 1.807) is 17.4 Å². The van der Waals surface area contributed by atoms with Crippen LogP contribution in [0.2, 0.25) is 0 Å². The van der Waals surface area contributed by atoms with Gasteiger partial charge in [-0.2, -0.15) is 0 Å². The van der Waals surface area contributed by atoms with E-state index < -0.39 is 0 Å². The van der Waals surface area contributed by atoms with Crippen LogP contribution in [0.4, 0.5) is 0 Å². The Balaban J connectivity index is 1.52. The molecule has 0 bridgehead atoms. The maximum Gasteiger partial charge on any atom is 0.240 e. The van der Waals surface area contributed by atoms with Crippen LogP contribution in [0.15, 0.2) is 30.2 Å². The van der Waals surface area contributed by atoms with Crippen LogP contribution in [0.3, 0.4) is 0 Å². The molecule has 0 aromatic carbocycles. The van der Waals surface area contributed by atoms with Gasteiger partial charge in [0.1, 0.15) is 0 Å². The van der Waals surface area contributed by atoms with Gasteiger partial charge in [0.05, 0.1) is 31.8 Å². The maximum atomic E-state index is 13.1. The Morgan fingerprint density at radius 3 is 2.33 bits per heavy atom. The van der Waals surface area contributed by atoms with Crippen LogP contribution in [0.25, 0.3) is 0 Å². The molecule has 0 radical (unpaired) electrons. The molecule has 0 spiro atoms. The third kappa shape index (κ3) is 5.69. The Hall–Kier alpha value is -1.74. The van der Waals surface area contributed by atoms with Crippen LogP contribution >= 0.6 is 11.3 Å². The largest absolute Gasteiger partial charge is 0.378 e. The van der Waals surface area contributed by atoms with Crippen molar-refractivity contribution in [3.05, 3.63) is 35.0 Å². The van der Waals surface area contributed by atoms with Gasteiger partial charge in [-0.25, -0.2) is 0 Å². The lowest BCUT2D eigenvalue weighted by atomic mass is 10.1. The van der Waals surface area contributed by atoms with Gasteiger partial charge >= 0.3 is 0 Å². The lowest BCUT2D eigenvalue weighted by molar-refractivity contribution is -0.143. The van der Waals surface area contributed by atoms with Gasteiger partial charge < -0.3 is 14.5 Å². The molecule has 2 amide bonds. The van der Waals surface area contributed by atoms with E-state index in [0.717, 1.165) is 26.2 Å². The summed E-state index contributed by atoms with van der Waals surface area (Å²) in [6, 6.07) is 3.76. The molecule has 2 aliphatic heterocycles. The Bertz CT molecular complexity index is 697. The maximum absolute atomic E-state index is 13.1. The molecule has 3 heterocycles. The number of hydrogen-bond donors (Lipinski definition) is 0. The molecule has 7 nitrogen and oxygen atoms in total. The Kier molecular flexibility index (Phi) is 8.44. The second kappa shape index (κ2) is 11.0. The van der Waals surface area contributed by atoms with E-state index in [2.05, 4.69) is 22.4 Å². The highest BCUT2D eigenvalue weighted by Crippen LogP contribution is 2.16. The molecule has 2 aliphatic rings. The summed E-state index contributed by atoms with van der Waals surface area (Å²) in [5.74, 6) is 0.318. The first-order valence-corrected chi connectivity index (χ1v) is 11.7. The molecule has 1 aromatic rings. The fourth-order valence-electron chi connectivity index (χ4n) is 4.12. The van der Waals surface area contributed by atoms with E-state index in [-0.39, 0.29) is 23.9 Å². The number of thiophene rings is 1. The minimum absolute atomic E-state index is 0.132. The third-order valence-electron chi connectivity index (χ3n) is 6.07. The molecular weight excluding hydrogens is 400 g/mol. The van der Waals surface area contributed by atoms with E-state index in [1.807, 2.05) is 35.1 Å². The van der Waals surface area contributed by atoms with E-state index in [9.17, 15) is 9.59 Å². The lowest BCUT2D eigenvalue weighted by Crippen LogP contribution is -2.58. The second-order valence-electron chi connectivity index (χ2n) is 7.95. The van der Waals surface area contributed by atoms with Crippen LogP contribution in [-0.2, 0) is 20.9 Å². The normalized spacial score (nSPS) is 20.5. The highest BCUT2D eigenvalue weighted by molar-refractivity contribution is 7.09. The fraction of sp³-hybridized carbons (Fsp3) is 0.636. The van der Waals surface area contributed by atoms with Crippen molar-refractivity contribution >= 4 is 23.2 Å². The summed E-state index contributed by atoms with van der Waals surface area (Å²) in [4.78, 5) is 35.4. The van der Waals surface area contributed by atoms with E-state index in [4.69, 9.17) is 4.74 Å². The van der Waals surface area contributed by atoms with Gasteiger partial charge in [-0.15, -0.1) is 17.9 Å². The minimum Gasteiger partial charge on any atom is -0.378 e. The highest BCUT2D eigenvalue weighted by atomic mass is 32.1. The molecular formula is C22H34N4O3S. The highest BCUT2D eigenvalue weighted by Gasteiger charge is 2.33. The molecule has 2 atom stereocenters. The Morgan fingerprint density at radius 1 is 1.13 bits per heavy atom. The van der Waals surface area contributed by atoms with Crippen LogP contribution in [-0.4, -0.2) is 103 Å². The number of rotatable bonds is 8. The molecule has 0 saturated carbocycles. The first-order chi connectivity index (χ1) is 14.5. The second-order valence-corrected chi connectivity index (χ2v) is 8.98. The van der Waals surface area contributed by atoms with E-state index >= 15 is 0 Å². The standard InChI is InChI=1S/C22H34N4O3S/c1-4-7-26(17-20-6-5-16-30-20)22(28)19(3)24-10-8-23(9-11-24)18(2)21(27)25-12-14-29-15-13-25/h4-6,16,18-19H,1,7-15,17H2,2-3H3. The van der Waals surface area contributed by atoms with Crippen molar-refractivity contribution in [2.24, 2.45) is 0 Å². The van der Waals surface area contributed by atoms with Gasteiger partial charge in [-0.3, -0.25) is 19.4 Å². The number of nitrogens with zero attached hydrogens (tertiary/aromatic N) is 4. The van der Waals surface area contributed by atoms with Gasteiger partial charge in [-0.05, 0) is 25.3 Å². The molecule has 2 unspecified atom stereocenters. The first kappa shape index (κ1) is 22.9. The summed E-state index contributed by atoms with van der Waals surface area (Å²) in [5, 5.41) is 2.04. The van der Waals surface area contributed by atoms with Gasteiger partial charge in [0, 0.05) is 50.7 Å². The van der Waals surface area contributed by atoms with Crippen molar-refractivity contribution in [1.29, 1.82) is 0 Å². The number of piperazine rings is 1. The molecule has 0 aliphatic carbocycles. The van der Waals surface area contributed by atoms with E-state index in [1.165, 1.54) is 4.88 Å². The van der Waals surface area contributed by atoms with Crippen LogP contribution in [0.1, 0.15) is 18.7 Å². The predicted molar refractivity (Wildman–Crippen MR) is 119 cm³/mol. The summed E-state index contributed by atoms with van der Waals surface area (Å²) in [5.41, 5.74) is 0. The van der Waals surface area contributed by atoms with Crippen LogP contribution in [0, 0.1) is 0 Å². The number of carbonyl (C=O) groups excluding carboxylic acids is 2. The fourth-order valence-corrected chi connectivity index (χ4v) is 4.83. The Morgan fingerprint density at radius 2 is 1.77 bits per heavy atom. The van der Waals surface area contributed by atoms with Crippen molar-refractivity contribution in [3.63, 3.8) is 0 Å². The molecule has 166 valence electrons. The zero-order valence-corrected chi connectivity index (χ0v) is 19.0. The number of hydrogen-bond acceptors (Lipinski definition) is 6. The van der Waals surface area contributed by atoms with Gasteiger partial charge in [-0.1, -0.05) is 12.1 Å². The minimum atomic E-state index is -0.183. The number of morpholine rings is 1. The van der Waals surface area contributed by atoms with Crippen molar-refractivity contribution in [1.82, 2.24) is 19.6 Å². The van der Waals surface area contributed by atoms with Gasteiger partial charge in [0.25, 0.3) is 0 Å². The van der Waals surface area contributed by atoms with Crippen LogP contribution < -0.4 is 0 Å². The lowest BCUT2D eigenvalue weighted by Gasteiger charge is -2.41. The number of ether oxygens (including phenoxy) is 1. The average molecular weight is 435 g/mol. The molecule has 2 fully saturated rings. The summed E-state index contributed by atoms with van der Waals surface area (Å²) >= 11 is 1.67. The molecule has 0 N–H and O–H groups in total. The smallest absolute Gasteiger partial charge is 0.240 e. The van der Waals surface area contributed by atoms with Crippen molar-refractivity contribution in [2.75, 3.05) is 59.0 Å². The summed E-state index contributed by atoms with van der Waals surface area (Å²) in [7, 11) is 0. The third-order valence-corrected chi connectivity index (χ3v) is 6.93. The Labute approximate surface area is 183 Å². The number of carbonyl (C=O) groups is 2. The zero-order chi connectivity index (χ0) is 21.5. The SMILES string of the molecule is C=CCN(Cc1cccs1)C(=O)C(C)N1CCN(C(C)C(=O)N2CCOCC2)CC1. The quantitative estimate of drug-likeness (QED) is 0.581. The summed E-state index contributed by atoms with van der Waals surface area (Å²) in [6.45, 7) is 14.7. The van der Waals surface area contributed by atoms with Crippen molar-refractivity contribution in [2.45, 2.75) is 32.5 Å². The zero-order valence-electron chi connectivity index (χ0n) is 18.2. The first-order valence-electron chi connectivity index (χ1n) is 10.8. The molecule has 30 heavy (non-hydrogen) atoms. The van der Waals surface area contributed by atoms with Crippen molar-refractivity contribution in [3.8, 4) is 0 Å². The summed E-state index contributed by atoms with van der Waals surface area (Å²) in [6.07, 6.45) is 1.79.